The van der Waals surface area contributed by atoms with Gasteiger partial charge in [-0.05, 0) is 72.9 Å². The van der Waals surface area contributed by atoms with E-state index in [4.69, 9.17) is 14.2 Å². The third kappa shape index (κ3) is 7.64. The zero-order valence-electron chi connectivity index (χ0n) is 21.5. The van der Waals surface area contributed by atoms with Crippen LogP contribution in [-0.2, 0) is 20.7 Å². The van der Waals surface area contributed by atoms with E-state index in [1.54, 1.807) is 24.3 Å². The molecule has 2 N–H and O–H groups in total. The lowest BCUT2D eigenvalue weighted by Gasteiger charge is -2.31. The number of rotatable bonds is 12. The zero-order valence-corrected chi connectivity index (χ0v) is 21.5. The number of phenolic OH excluding ortho intramolecular Hbond substituents is 2. The minimum Gasteiger partial charge on any atom is -0.504 e. The molecule has 1 saturated carbocycles. The van der Waals surface area contributed by atoms with E-state index in [1.165, 1.54) is 27.6 Å². The summed E-state index contributed by atoms with van der Waals surface area (Å²) in [6.07, 6.45) is 6.67. The van der Waals surface area contributed by atoms with Gasteiger partial charge in [0.1, 0.15) is 11.9 Å². The summed E-state index contributed by atoms with van der Waals surface area (Å²) in [6.45, 7) is 1.36. The molecule has 0 spiro atoms. The summed E-state index contributed by atoms with van der Waals surface area (Å²) < 4.78 is 16.0. The second-order valence-electron chi connectivity index (χ2n) is 9.66. The number of hydrogen-bond acceptors (Lipinski definition) is 7. The molecular weight excluding hydrogens is 460 g/mol. The van der Waals surface area contributed by atoms with E-state index in [-0.39, 0.29) is 29.6 Å². The van der Waals surface area contributed by atoms with Crippen molar-refractivity contribution in [1.29, 1.82) is 0 Å². The number of carbonyl (C=O) groups is 2. The van der Waals surface area contributed by atoms with Gasteiger partial charge in [0, 0.05) is 19.8 Å². The smallest absolute Gasteiger partial charge is 0.302 e. The summed E-state index contributed by atoms with van der Waals surface area (Å²) in [5, 5.41) is 19.9. The molecule has 196 valence electrons. The van der Waals surface area contributed by atoms with Crippen LogP contribution in [0.5, 0.6) is 23.0 Å². The van der Waals surface area contributed by atoms with Crippen LogP contribution in [0.25, 0.3) is 0 Å². The molecule has 1 aliphatic carbocycles. The molecule has 1 fully saturated rings. The van der Waals surface area contributed by atoms with E-state index >= 15 is 0 Å². The lowest BCUT2D eigenvalue weighted by atomic mass is 9.74. The Labute approximate surface area is 213 Å². The van der Waals surface area contributed by atoms with E-state index in [1.807, 2.05) is 12.1 Å². The number of carbonyl (C=O) groups excluding carboxylic acids is 2. The van der Waals surface area contributed by atoms with Gasteiger partial charge in [0.05, 0.1) is 14.2 Å². The first kappa shape index (κ1) is 27.4. The fraction of sp³-hybridized carbons (Fsp3) is 0.517. The third-order valence-electron chi connectivity index (χ3n) is 7.09. The second kappa shape index (κ2) is 13.2. The minimum absolute atomic E-state index is 0.0200. The highest BCUT2D eigenvalue weighted by atomic mass is 16.5. The minimum atomic E-state index is -0.531. The molecule has 7 nitrogen and oxygen atoms in total. The Bertz CT molecular complexity index is 1030. The molecule has 1 aliphatic rings. The second-order valence-corrected chi connectivity index (χ2v) is 9.66. The van der Waals surface area contributed by atoms with Gasteiger partial charge < -0.3 is 24.4 Å². The molecule has 7 heteroatoms. The molecule has 2 atom stereocenters. The highest BCUT2D eigenvalue weighted by molar-refractivity contribution is 5.80. The van der Waals surface area contributed by atoms with Crippen molar-refractivity contribution in [2.75, 3.05) is 14.2 Å². The molecule has 0 bridgehead atoms. The molecule has 2 unspecified atom stereocenters. The average molecular weight is 499 g/mol. The first-order valence-corrected chi connectivity index (χ1v) is 12.7. The Kier molecular flexibility index (Phi) is 10.0. The molecule has 0 aromatic heterocycles. The van der Waals surface area contributed by atoms with Crippen LogP contribution in [0.1, 0.15) is 75.3 Å². The molecule has 0 heterocycles. The first-order valence-electron chi connectivity index (χ1n) is 12.7. The fourth-order valence-corrected chi connectivity index (χ4v) is 5.24. The zero-order chi connectivity index (χ0) is 26.1. The highest BCUT2D eigenvalue weighted by Gasteiger charge is 2.29. The predicted octanol–water partition coefficient (Wildman–Crippen LogP) is 5.69. The summed E-state index contributed by atoms with van der Waals surface area (Å²) in [5.74, 6) is 0.967. The van der Waals surface area contributed by atoms with Gasteiger partial charge in [-0.15, -0.1) is 0 Å². The van der Waals surface area contributed by atoms with E-state index in [0.717, 1.165) is 36.8 Å². The number of Topliss-reactive ketones (excluding diaryl/α,β-unsaturated/α-hetero) is 1. The monoisotopic (exact) mass is 498 g/mol. The van der Waals surface area contributed by atoms with Crippen molar-refractivity contribution in [3.8, 4) is 23.0 Å². The SMILES string of the molecule is COc1cc(CCC(CC(=O)CC(c2ccc(O)c(OC)c2)C2CCCCC2)OC(C)=O)ccc1O. The standard InChI is InChI=1S/C29H38O7/c1-19(30)36-24(12-9-20-10-13-26(32)28(15-20)34-2)17-23(31)18-25(21-7-5-4-6-8-21)22-11-14-27(33)29(16-22)35-3/h10-11,13-16,21,24-25,32-33H,4-9,12,17-18H2,1-3H3. The maximum Gasteiger partial charge on any atom is 0.302 e. The van der Waals surface area contributed by atoms with Crippen molar-refractivity contribution < 1.29 is 34.0 Å². The molecule has 2 aromatic rings. The van der Waals surface area contributed by atoms with Gasteiger partial charge >= 0.3 is 5.97 Å². The van der Waals surface area contributed by atoms with Crippen molar-refractivity contribution in [2.45, 2.75) is 76.7 Å². The lowest BCUT2D eigenvalue weighted by Crippen LogP contribution is -2.24. The van der Waals surface area contributed by atoms with Crippen molar-refractivity contribution in [3.05, 3.63) is 47.5 Å². The highest BCUT2D eigenvalue weighted by Crippen LogP contribution is 2.41. The van der Waals surface area contributed by atoms with Gasteiger partial charge in [-0.3, -0.25) is 9.59 Å². The van der Waals surface area contributed by atoms with Gasteiger partial charge in [0.25, 0.3) is 0 Å². The predicted molar refractivity (Wildman–Crippen MR) is 137 cm³/mol. The molecule has 0 aliphatic heterocycles. The maximum atomic E-state index is 13.3. The van der Waals surface area contributed by atoms with Crippen LogP contribution >= 0.6 is 0 Å². The number of phenols is 2. The molecule has 0 amide bonds. The Morgan fingerprint density at radius 1 is 0.917 bits per heavy atom. The summed E-state index contributed by atoms with van der Waals surface area (Å²) in [6, 6.07) is 10.5. The van der Waals surface area contributed by atoms with Crippen LogP contribution in [-0.4, -0.2) is 42.3 Å². The number of esters is 1. The summed E-state index contributed by atoms with van der Waals surface area (Å²) >= 11 is 0. The van der Waals surface area contributed by atoms with Gasteiger partial charge in [0.2, 0.25) is 0 Å². The van der Waals surface area contributed by atoms with Gasteiger partial charge in [0.15, 0.2) is 23.0 Å². The van der Waals surface area contributed by atoms with Crippen LogP contribution < -0.4 is 9.47 Å². The van der Waals surface area contributed by atoms with Gasteiger partial charge in [-0.2, -0.15) is 0 Å². The third-order valence-corrected chi connectivity index (χ3v) is 7.09. The van der Waals surface area contributed by atoms with Crippen LogP contribution in [0.3, 0.4) is 0 Å². The number of ketones is 1. The largest absolute Gasteiger partial charge is 0.504 e. The van der Waals surface area contributed by atoms with E-state index < -0.39 is 12.1 Å². The van der Waals surface area contributed by atoms with Crippen molar-refractivity contribution >= 4 is 11.8 Å². The quantitative estimate of drug-likeness (QED) is 0.362. The topological polar surface area (TPSA) is 102 Å². The Morgan fingerprint density at radius 3 is 2.19 bits per heavy atom. The lowest BCUT2D eigenvalue weighted by molar-refractivity contribution is -0.147. The van der Waals surface area contributed by atoms with Crippen molar-refractivity contribution in [1.82, 2.24) is 0 Å². The molecule has 3 rings (SSSR count). The Balaban J connectivity index is 1.72. The summed E-state index contributed by atoms with van der Waals surface area (Å²) in [7, 11) is 3.01. The number of methoxy groups -OCH3 is 2. The average Bonchev–Trinajstić information content (AvgIpc) is 2.87. The van der Waals surface area contributed by atoms with E-state index in [0.29, 0.717) is 36.7 Å². The van der Waals surface area contributed by atoms with Crippen LogP contribution in [0.4, 0.5) is 0 Å². The summed E-state index contributed by atoms with van der Waals surface area (Å²) in [4.78, 5) is 25.1. The molecule has 36 heavy (non-hydrogen) atoms. The van der Waals surface area contributed by atoms with Gasteiger partial charge in [-0.25, -0.2) is 0 Å². The first-order chi connectivity index (χ1) is 17.3. The normalized spacial score (nSPS) is 15.6. The molecular formula is C29H38O7. The molecule has 0 saturated heterocycles. The molecule has 0 radical (unpaired) electrons. The van der Waals surface area contributed by atoms with Crippen LogP contribution in [0, 0.1) is 5.92 Å². The maximum absolute atomic E-state index is 13.3. The Hall–Kier alpha value is -3.22. The molecule has 2 aromatic carbocycles. The van der Waals surface area contributed by atoms with Crippen LogP contribution in [0.2, 0.25) is 0 Å². The fourth-order valence-electron chi connectivity index (χ4n) is 5.24. The Morgan fingerprint density at radius 2 is 1.56 bits per heavy atom. The van der Waals surface area contributed by atoms with Gasteiger partial charge in [-0.1, -0.05) is 31.4 Å². The number of ether oxygens (including phenoxy) is 3. The number of aryl methyl sites for hydroxylation is 1. The summed E-state index contributed by atoms with van der Waals surface area (Å²) in [5.41, 5.74) is 1.91. The van der Waals surface area contributed by atoms with Crippen molar-refractivity contribution in [2.24, 2.45) is 5.92 Å². The van der Waals surface area contributed by atoms with Crippen molar-refractivity contribution in [3.63, 3.8) is 0 Å². The van der Waals surface area contributed by atoms with Crippen LogP contribution in [0.15, 0.2) is 36.4 Å². The van der Waals surface area contributed by atoms with E-state index in [2.05, 4.69) is 0 Å². The van der Waals surface area contributed by atoms with E-state index in [9.17, 15) is 19.8 Å². The number of benzene rings is 2. The number of aromatic hydroxyl groups is 2. The number of hydrogen-bond donors (Lipinski definition) is 2.